The largest absolute Gasteiger partial charge is 0.376 e. The van der Waals surface area contributed by atoms with Crippen LogP contribution < -0.4 is 5.32 Å². The Kier molecular flexibility index (Phi) is 4.61. The number of nitrogens with zero attached hydrogens (tertiary/aromatic N) is 3. The van der Waals surface area contributed by atoms with Gasteiger partial charge in [0.2, 0.25) is 5.91 Å². The van der Waals surface area contributed by atoms with E-state index >= 15 is 0 Å². The Morgan fingerprint density at radius 3 is 2.96 bits per heavy atom. The van der Waals surface area contributed by atoms with Crippen LogP contribution in [0.25, 0.3) is 0 Å². The second-order valence-corrected chi connectivity index (χ2v) is 6.39. The second-order valence-electron chi connectivity index (χ2n) is 6.39. The Morgan fingerprint density at radius 1 is 1.43 bits per heavy atom. The SMILES string of the molecule is C[C@@H]1CO[C@@H](C)CN1C1NC(c2ccncc2F)CC(=O)N1C. The predicted molar refractivity (Wildman–Crippen MR) is 82.8 cm³/mol. The molecule has 7 heteroatoms. The Labute approximate surface area is 135 Å². The number of morpholine rings is 1. The van der Waals surface area contributed by atoms with Gasteiger partial charge in [-0.25, -0.2) is 4.39 Å². The highest BCUT2D eigenvalue weighted by molar-refractivity contribution is 5.78. The second kappa shape index (κ2) is 6.51. The van der Waals surface area contributed by atoms with Crippen LogP contribution in [0.3, 0.4) is 0 Å². The fraction of sp³-hybridized carbons (Fsp3) is 0.625. The first-order chi connectivity index (χ1) is 11.0. The third-order valence-corrected chi connectivity index (χ3v) is 4.64. The third kappa shape index (κ3) is 3.22. The molecular weight excluding hydrogens is 299 g/mol. The van der Waals surface area contributed by atoms with E-state index in [-0.39, 0.29) is 42.6 Å². The van der Waals surface area contributed by atoms with E-state index < -0.39 is 0 Å². The van der Waals surface area contributed by atoms with E-state index in [1.807, 2.05) is 6.92 Å². The topological polar surface area (TPSA) is 57.7 Å². The van der Waals surface area contributed by atoms with Crippen molar-refractivity contribution >= 4 is 5.91 Å². The molecule has 2 aliphatic rings. The number of aromatic nitrogens is 1. The molecule has 1 aromatic heterocycles. The average molecular weight is 322 g/mol. The van der Waals surface area contributed by atoms with E-state index in [2.05, 4.69) is 22.1 Å². The van der Waals surface area contributed by atoms with Crippen LogP contribution in [0.1, 0.15) is 31.9 Å². The van der Waals surface area contributed by atoms with Gasteiger partial charge in [0.05, 0.1) is 18.9 Å². The quantitative estimate of drug-likeness (QED) is 0.884. The zero-order valence-electron chi connectivity index (χ0n) is 13.7. The molecule has 0 saturated carbocycles. The first-order valence-electron chi connectivity index (χ1n) is 7.96. The number of carbonyl (C=O) groups excluding carboxylic acids is 1. The van der Waals surface area contributed by atoms with E-state index in [0.717, 1.165) is 6.54 Å². The van der Waals surface area contributed by atoms with Gasteiger partial charge in [-0.15, -0.1) is 0 Å². The van der Waals surface area contributed by atoms with Crippen LogP contribution in [-0.2, 0) is 9.53 Å². The molecular formula is C16H23FN4O2. The molecule has 1 aromatic rings. The van der Waals surface area contributed by atoms with Crippen LogP contribution in [0, 0.1) is 5.82 Å². The highest BCUT2D eigenvalue weighted by Gasteiger charge is 2.39. The number of halogens is 1. The van der Waals surface area contributed by atoms with E-state index in [0.29, 0.717) is 12.2 Å². The molecule has 23 heavy (non-hydrogen) atoms. The maximum absolute atomic E-state index is 14.0. The van der Waals surface area contributed by atoms with Crippen molar-refractivity contribution in [1.82, 2.24) is 20.1 Å². The van der Waals surface area contributed by atoms with Crippen LogP contribution >= 0.6 is 0 Å². The van der Waals surface area contributed by atoms with Crippen LogP contribution in [0.2, 0.25) is 0 Å². The number of ether oxygens (including phenoxy) is 1. The molecule has 4 atom stereocenters. The zero-order valence-corrected chi connectivity index (χ0v) is 13.7. The lowest BCUT2D eigenvalue weighted by molar-refractivity contribution is -0.154. The van der Waals surface area contributed by atoms with E-state index in [4.69, 9.17) is 4.74 Å². The van der Waals surface area contributed by atoms with Crippen molar-refractivity contribution in [1.29, 1.82) is 0 Å². The Balaban J connectivity index is 1.84. The standard InChI is InChI=1S/C16H23FN4O2/c1-10-9-23-11(2)8-21(10)16-19-14(6-15(22)20(16)3)12-4-5-18-7-13(12)17/h4-5,7,10-11,14,16,19H,6,8-9H2,1-3H3/t10-,11+,14?,16?/m1/s1. The van der Waals surface area contributed by atoms with Crippen molar-refractivity contribution in [3.8, 4) is 0 Å². The van der Waals surface area contributed by atoms with Gasteiger partial charge in [0, 0.05) is 43.9 Å². The number of amides is 1. The highest BCUT2D eigenvalue weighted by Crippen LogP contribution is 2.27. The molecule has 2 saturated heterocycles. The fourth-order valence-corrected chi connectivity index (χ4v) is 3.26. The lowest BCUT2D eigenvalue weighted by atomic mass is 10.0. The number of hydrogen-bond donors (Lipinski definition) is 1. The molecule has 0 spiro atoms. The van der Waals surface area contributed by atoms with Gasteiger partial charge in [-0.3, -0.25) is 20.0 Å². The molecule has 6 nitrogen and oxygen atoms in total. The van der Waals surface area contributed by atoms with E-state index in [9.17, 15) is 9.18 Å². The molecule has 3 rings (SSSR count). The molecule has 2 aliphatic heterocycles. The summed E-state index contributed by atoms with van der Waals surface area (Å²) in [5.74, 6) is -0.384. The smallest absolute Gasteiger partial charge is 0.226 e. The summed E-state index contributed by atoms with van der Waals surface area (Å²) in [6.45, 7) is 5.43. The minimum atomic E-state index is -0.385. The number of pyridine rings is 1. The van der Waals surface area contributed by atoms with Gasteiger partial charge in [-0.05, 0) is 19.9 Å². The van der Waals surface area contributed by atoms with Gasteiger partial charge in [-0.1, -0.05) is 0 Å². The van der Waals surface area contributed by atoms with Crippen molar-refractivity contribution in [3.05, 3.63) is 29.8 Å². The molecule has 0 aliphatic carbocycles. The molecule has 1 N–H and O–H groups in total. The first kappa shape index (κ1) is 16.3. The Bertz CT molecular complexity index is 585. The van der Waals surface area contributed by atoms with Gasteiger partial charge in [-0.2, -0.15) is 0 Å². The summed E-state index contributed by atoms with van der Waals surface area (Å²) in [4.78, 5) is 20.1. The highest BCUT2D eigenvalue weighted by atomic mass is 19.1. The summed E-state index contributed by atoms with van der Waals surface area (Å²) in [6, 6.07) is 1.46. The summed E-state index contributed by atoms with van der Waals surface area (Å²) < 4.78 is 19.7. The lowest BCUT2D eigenvalue weighted by Crippen LogP contribution is -2.66. The number of hydrogen-bond acceptors (Lipinski definition) is 5. The molecule has 0 radical (unpaired) electrons. The minimum absolute atomic E-state index is 0.00121. The molecule has 0 bridgehead atoms. The third-order valence-electron chi connectivity index (χ3n) is 4.64. The van der Waals surface area contributed by atoms with Gasteiger partial charge in [0.25, 0.3) is 0 Å². The Hall–Kier alpha value is -1.57. The van der Waals surface area contributed by atoms with Crippen molar-refractivity contribution in [2.24, 2.45) is 0 Å². The van der Waals surface area contributed by atoms with Gasteiger partial charge < -0.3 is 9.64 Å². The van der Waals surface area contributed by atoms with Crippen molar-refractivity contribution in [2.45, 2.75) is 44.7 Å². The van der Waals surface area contributed by atoms with Crippen LogP contribution in [-0.4, -0.2) is 59.3 Å². The van der Waals surface area contributed by atoms with E-state index in [1.54, 1.807) is 24.2 Å². The predicted octanol–water partition coefficient (Wildman–Crippen LogP) is 1.11. The van der Waals surface area contributed by atoms with Crippen molar-refractivity contribution in [3.63, 3.8) is 0 Å². The number of nitrogens with one attached hydrogen (secondary N) is 1. The Morgan fingerprint density at radius 2 is 2.22 bits per heavy atom. The maximum Gasteiger partial charge on any atom is 0.226 e. The molecule has 1 amide bonds. The number of carbonyl (C=O) groups is 1. The summed E-state index contributed by atoms with van der Waals surface area (Å²) in [5.41, 5.74) is 0.486. The summed E-state index contributed by atoms with van der Waals surface area (Å²) >= 11 is 0. The summed E-state index contributed by atoms with van der Waals surface area (Å²) in [5, 5.41) is 3.42. The first-order valence-corrected chi connectivity index (χ1v) is 7.96. The van der Waals surface area contributed by atoms with Crippen molar-refractivity contribution < 1.29 is 13.9 Å². The molecule has 2 fully saturated rings. The molecule has 0 aromatic carbocycles. The molecule has 3 heterocycles. The molecule has 126 valence electrons. The summed E-state index contributed by atoms with van der Waals surface area (Å²) in [6.07, 6.45) is 2.82. The number of rotatable bonds is 2. The van der Waals surface area contributed by atoms with Crippen LogP contribution in [0.5, 0.6) is 0 Å². The van der Waals surface area contributed by atoms with Crippen LogP contribution in [0.15, 0.2) is 18.5 Å². The van der Waals surface area contributed by atoms with Gasteiger partial charge >= 0.3 is 0 Å². The van der Waals surface area contributed by atoms with Crippen molar-refractivity contribution in [2.75, 3.05) is 20.2 Å². The van der Waals surface area contributed by atoms with Gasteiger partial charge in [0.1, 0.15) is 12.1 Å². The monoisotopic (exact) mass is 322 g/mol. The average Bonchev–Trinajstić information content (AvgIpc) is 2.53. The van der Waals surface area contributed by atoms with Gasteiger partial charge in [0.15, 0.2) is 0 Å². The van der Waals surface area contributed by atoms with E-state index in [1.165, 1.54) is 6.20 Å². The minimum Gasteiger partial charge on any atom is -0.376 e. The zero-order chi connectivity index (χ0) is 16.6. The fourth-order valence-electron chi connectivity index (χ4n) is 3.26. The summed E-state index contributed by atoms with van der Waals surface area (Å²) in [7, 11) is 1.78. The normalized spacial score (nSPS) is 33.0. The lowest BCUT2D eigenvalue weighted by Gasteiger charge is -2.48. The maximum atomic E-state index is 14.0. The van der Waals surface area contributed by atoms with Crippen LogP contribution in [0.4, 0.5) is 4.39 Å². The molecule has 2 unspecified atom stereocenters.